The first-order valence-corrected chi connectivity index (χ1v) is 12.0. The van der Waals surface area contributed by atoms with Crippen molar-refractivity contribution in [2.75, 3.05) is 36.1 Å². The van der Waals surface area contributed by atoms with Crippen LogP contribution in [0.5, 0.6) is 5.75 Å². The molecule has 178 valence electrons. The van der Waals surface area contributed by atoms with Crippen molar-refractivity contribution < 1.29 is 15.3 Å². The van der Waals surface area contributed by atoms with Gasteiger partial charge in [0.05, 0.1) is 12.6 Å². The van der Waals surface area contributed by atoms with E-state index in [1.165, 1.54) is 11.1 Å². The van der Waals surface area contributed by atoms with E-state index in [9.17, 15) is 15.3 Å². The minimum atomic E-state index is -0.127. The molecule has 0 aliphatic carbocycles. The van der Waals surface area contributed by atoms with E-state index in [4.69, 9.17) is 15.0 Å². The Bertz CT molecular complexity index is 1130. The minimum absolute atomic E-state index is 0.00334. The lowest BCUT2D eigenvalue weighted by Crippen LogP contribution is -2.44. The van der Waals surface area contributed by atoms with Gasteiger partial charge in [0.2, 0.25) is 11.9 Å². The summed E-state index contributed by atoms with van der Waals surface area (Å²) < 4.78 is 0. The van der Waals surface area contributed by atoms with Crippen LogP contribution < -0.4 is 9.80 Å². The predicted molar refractivity (Wildman–Crippen MR) is 131 cm³/mol. The lowest BCUT2D eigenvalue weighted by Gasteiger charge is -2.37. The average Bonchev–Trinajstić information content (AvgIpc) is 2.88. The molecule has 1 saturated heterocycles. The van der Waals surface area contributed by atoms with E-state index in [1.54, 1.807) is 18.2 Å². The fraction of sp³-hybridized carbons (Fsp3) is 0.423. The number of aliphatic hydroxyl groups excluding tert-OH is 2. The van der Waals surface area contributed by atoms with Crippen LogP contribution in [-0.4, -0.2) is 62.6 Å². The number of aliphatic hydroxyl groups is 2. The molecule has 0 radical (unpaired) electrons. The van der Waals surface area contributed by atoms with Crippen molar-refractivity contribution in [1.29, 1.82) is 0 Å². The number of anilines is 2. The molecule has 0 unspecified atom stereocenters. The van der Waals surface area contributed by atoms with Gasteiger partial charge in [0, 0.05) is 31.8 Å². The highest BCUT2D eigenvalue weighted by molar-refractivity contribution is 5.61. The van der Waals surface area contributed by atoms with E-state index in [-0.39, 0.29) is 25.0 Å². The number of phenols is 1. The first-order chi connectivity index (χ1) is 16.6. The zero-order chi connectivity index (χ0) is 23.5. The Labute approximate surface area is 199 Å². The first-order valence-electron chi connectivity index (χ1n) is 12.0. The topological polar surface area (TPSA) is 106 Å². The molecule has 8 heteroatoms. The Kier molecular flexibility index (Phi) is 6.60. The summed E-state index contributed by atoms with van der Waals surface area (Å²) in [6.45, 7) is 2.48. The van der Waals surface area contributed by atoms with Gasteiger partial charge in [-0.1, -0.05) is 36.4 Å². The molecule has 8 nitrogen and oxygen atoms in total. The van der Waals surface area contributed by atoms with Crippen LogP contribution in [0, 0.1) is 5.92 Å². The zero-order valence-electron chi connectivity index (χ0n) is 19.2. The third-order valence-corrected chi connectivity index (χ3v) is 6.97. The quantitative estimate of drug-likeness (QED) is 0.515. The second-order valence-corrected chi connectivity index (χ2v) is 9.19. The zero-order valence-corrected chi connectivity index (χ0v) is 19.2. The molecule has 5 rings (SSSR count). The highest BCUT2D eigenvalue weighted by Crippen LogP contribution is 2.31. The third kappa shape index (κ3) is 4.69. The van der Waals surface area contributed by atoms with E-state index in [1.807, 2.05) is 18.2 Å². The lowest BCUT2D eigenvalue weighted by molar-refractivity contribution is 0.240. The van der Waals surface area contributed by atoms with Crippen molar-refractivity contribution >= 4 is 11.9 Å². The number of phenolic OH excluding ortho intramolecular Hbond substituents is 1. The molecule has 2 aliphatic rings. The van der Waals surface area contributed by atoms with Gasteiger partial charge in [-0.05, 0) is 54.9 Å². The summed E-state index contributed by atoms with van der Waals surface area (Å²) in [5, 5.41) is 29.5. The highest BCUT2D eigenvalue weighted by Gasteiger charge is 2.30. The van der Waals surface area contributed by atoms with Crippen LogP contribution in [0.25, 0.3) is 11.4 Å². The Morgan fingerprint density at radius 2 is 1.65 bits per heavy atom. The maximum absolute atomic E-state index is 10.2. The summed E-state index contributed by atoms with van der Waals surface area (Å²) >= 11 is 0. The van der Waals surface area contributed by atoms with Crippen molar-refractivity contribution in [2.24, 2.45) is 5.92 Å². The molecule has 0 amide bonds. The van der Waals surface area contributed by atoms with Gasteiger partial charge in [0.25, 0.3) is 0 Å². The van der Waals surface area contributed by atoms with E-state index in [2.05, 4.69) is 21.9 Å². The van der Waals surface area contributed by atoms with Crippen LogP contribution in [0.2, 0.25) is 0 Å². The number of hydrogen-bond acceptors (Lipinski definition) is 8. The molecule has 3 aromatic rings. The van der Waals surface area contributed by atoms with Crippen molar-refractivity contribution in [1.82, 2.24) is 15.0 Å². The second kappa shape index (κ2) is 9.95. The van der Waals surface area contributed by atoms with Crippen LogP contribution >= 0.6 is 0 Å². The van der Waals surface area contributed by atoms with E-state index in [0.29, 0.717) is 30.2 Å². The molecule has 1 fully saturated rings. The first kappa shape index (κ1) is 22.6. The molecular weight excluding hydrogens is 430 g/mol. The van der Waals surface area contributed by atoms with Crippen molar-refractivity contribution in [3.8, 4) is 17.1 Å². The second-order valence-electron chi connectivity index (χ2n) is 9.19. The fourth-order valence-corrected chi connectivity index (χ4v) is 4.99. The largest absolute Gasteiger partial charge is 0.508 e. The number of hydrogen-bond donors (Lipinski definition) is 3. The maximum atomic E-state index is 10.2. The maximum Gasteiger partial charge on any atom is 0.231 e. The van der Waals surface area contributed by atoms with Gasteiger partial charge in [-0.3, -0.25) is 0 Å². The summed E-state index contributed by atoms with van der Waals surface area (Å²) in [5.74, 6) is 2.33. The van der Waals surface area contributed by atoms with Gasteiger partial charge in [0.1, 0.15) is 5.75 Å². The number of nitrogens with zero attached hydrogens (tertiary/aromatic N) is 5. The fourth-order valence-electron chi connectivity index (χ4n) is 4.99. The van der Waals surface area contributed by atoms with Gasteiger partial charge >= 0.3 is 0 Å². The molecule has 3 N–H and O–H groups in total. The van der Waals surface area contributed by atoms with Gasteiger partial charge in [-0.15, -0.1) is 0 Å². The number of aromatic hydroxyl groups is 1. The number of fused-ring (bicyclic) bond motifs is 1. The summed E-state index contributed by atoms with van der Waals surface area (Å²) in [5.41, 5.74) is 3.17. The monoisotopic (exact) mass is 461 g/mol. The summed E-state index contributed by atoms with van der Waals surface area (Å²) in [7, 11) is 0. The number of benzene rings is 2. The standard InChI is InChI=1S/C26H31N5O3/c32-13-10-18-8-11-30(12-9-18)25-27-24(20-6-3-7-23(34)15-20)28-26(29-25)31-16-21-5-2-1-4-19(21)14-22(31)17-33/h1-7,15,18,22,32-34H,8-14,16-17H2/t22-/m1/s1. The molecule has 0 bridgehead atoms. The molecule has 34 heavy (non-hydrogen) atoms. The Balaban J connectivity index is 1.52. The number of rotatable bonds is 6. The molecule has 3 heterocycles. The molecular formula is C26H31N5O3. The smallest absolute Gasteiger partial charge is 0.231 e. The summed E-state index contributed by atoms with van der Waals surface area (Å²) in [6, 6.07) is 15.1. The highest BCUT2D eigenvalue weighted by atomic mass is 16.3. The Morgan fingerprint density at radius 1 is 0.882 bits per heavy atom. The minimum Gasteiger partial charge on any atom is -0.508 e. The van der Waals surface area contributed by atoms with Crippen molar-refractivity contribution in [3.05, 3.63) is 59.7 Å². The van der Waals surface area contributed by atoms with Crippen LogP contribution in [0.4, 0.5) is 11.9 Å². The average molecular weight is 462 g/mol. The van der Waals surface area contributed by atoms with Crippen molar-refractivity contribution in [3.63, 3.8) is 0 Å². The van der Waals surface area contributed by atoms with Crippen LogP contribution in [0.1, 0.15) is 30.4 Å². The summed E-state index contributed by atoms with van der Waals surface area (Å²) in [6.07, 6.45) is 3.52. The summed E-state index contributed by atoms with van der Waals surface area (Å²) in [4.78, 5) is 18.7. The van der Waals surface area contributed by atoms with Gasteiger partial charge < -0.3 is 25.1 Å². The Hall–Kier alpha value is -3.23. The third-order valence-electron chi connectivity index (χ3n) is 6.97. The number of aromatic nitrogens is 3. The Morgan fingerprint density at radius 3 is 2.38 bits per heavy atom. The van der Waals surface area contributed by atoms with E-state index < -0.39 is 0 Å². The normalized spacial score (nSPS) is 18.7. The van der Waals surface area contributed by atoms with Crippen LogP contribution in [0.15, 0.2) is 48.5 Å². The number of piperidine rings is 1. The van der Waals surface area contributed by atoms with Gasteiger partial charge in [-0.25, -0.2) is 0 Å². The predicted octanol–water partition coefficient (Wildman–Crippen LogP) is 2.77. The van der Waals surface area contributed by atoms with Crippen LogP contribution in [-0.2, 0) is 13.0 Å². The SMILES string of the molecule is OCCC1CCN(c2nc(-c3cccc(O)c3)nc(N3Cc4ccccc4C[C@@H]3CO)n2)CC1. The van der Waals surface area contributed by atoms with E-state index in [0.717, 1.165) is 44.3 Å². The molecule has 0 saturated carbocycles. The molecule has 2 aromatic carbocycles. The van der Waals surface area contributed by atoms with Gasteiger partial charge in [-0.2, -0.15) is 15.0 Å². The van der Waals surface area contributed by atoms with Crippen molar-refractivity contribution in [2.45, 2.75) is 38.3 Å². The van der Waals surface area contributed by atoms with Gasteiger partial charge in [0.15, 0.2) is 5.82 Å². The van der Waals surface area contributed by atoms with Crippen LogP contribution in [0.3, 0.4) is 0 Å². The lowest BCUT2D eigenvalue weighted by atomic mass is 9.94. The molecule has 1 atom stereocenters. The molecule has 1 aromatic heterocycles. The molecule has 2 aliphatic heterocycles. The van der Waals surface area contributed by atoms with E-state index >= 15 is 0 Å². The molecule has 0 spiro atoms.